The third kappa shape index (κ3) is 3.50. The molecule has 0 aliphatic heterocycles. The summed E-state index contributed by atoms with van der Waals surface area (Å²) in [5, 5.41) is 0. The van der Waals surface area contributed by atoms with E-state index in [4.69, 9.17) is 14.2 Å². The van der Waals surface area contributed by atoms with Crippen molar-refractivity contribution in [2.75, 3.05) is 34.0 Å². The topological polar surface area (TPSA) is 27.7 Å². The van der Waals surface area contributed by atoms with Crippen LogP contribution in [-0.4, -0.2) is 39.6 Å². The van der Waals surface area contributed by atoms with Gasteiger partial charge in [0.05, 0.1) is 25.4 Å². The van der Waals surface area contributed by atoms with E-state index in [1.54, 1.807) is 14.2 Å². The first-order valence-corrected chi connectivity index (χ1v) is 7.76. The van der Waals surface area contributed by atoms with Gasteiger partial charge < -0.3 is 14.2 Å². The quantitative estimate of drug-likeness (QED) is 0.676. The Labute approximate surface area is 118 Å². The number of rotatable bonds is 8. The maximum Gasteiger partial charge on any atom is 0.0654 e. The van der Waals surface area contributed by atoms with Crippen LogP contribution in [-0.2, 0) is 14.2 Å². The van der Waals surface area contributed by atoms with Gasteiger partial charge in [0, 0.05) is 19.6 Å². The van der Waals surface area contributed by atoms with Crippen LogP contribution in [0, 0.1) is 11.3 Å². The van der Waals surface area contributed by atoms with Crippen molar-refractivity contribution in [3.8, 4) is 0 Å². The molecular formula is C16H30O3. The van der Waals surface area contributed by atoms with E-state index >= 15 is 0 Å². The van der Waals surface area contributed by atoms with Gasteiger partial charge in [-0.25, -0.2) is 0 Å². The molecule has 3 heteroatoms. The van der Waals surface area contributed by atoms with Crippen molar-refractivity contribution in [2.24, 2.45) is 11.3 Å². The third-order valence-electron chi connectivity index (χ3n) is 5.20. The smallest absolute Gasteiger partial charge is 0.0654 e. The maximum atomic E-state index is 6.36. The van der Waals surface area contributed by atoms with Crippen molar-refractivity contribution in [1.29, 1.82) is 0 Å². The van der Waals surface area contributed by atoms with Gasteiger partial charge in [-0.3, -0.25) is 0 Å². The van der Waals surface area contributed by atoms with Crippen molar-refractivity contribution in [1.82, 2.24) is 0 Å². The summed E-state index contributed by atoms with van der Waals surface area (Å²) >= 11 is 0. The Balaban J connectivity index is 1.98. The summed E-state index contributed by atoms with van der Waals surface area (Å²) in [5.41, 5.74) is 0.157. The van der Waals surface area contributed by atoms with Gasteiger partial charge in [-0.2, -0.15) is 0 Å². The van der Waals surface area contributed by atoms with Gasteiger partial charge in [0.25, 0.3) is 0 Å². The van der Waals surface area contributed by atoms with E-state index in [0.717, 1.165) is 19.8 Å². The monoisotopic (exact) mass is 270 g/mol. The standard InChI is InChI=1S/C16H30O3/c1-15(9-4-5-10-15)19-13-16(11-17-2,12-18-3)14-7-6-8-14/h14H,4-13H2,1-3H3. The number of methoxy groups -OCH3 is 2. The third-order valence-corrected chi connectivity index (χ3v) is 5.20. The molecule has 2 aliphatic carbocycles. The molecule has 0 aromatic heterocycles. The second kappa shape index (κ2) is 6.55. The van der Waals surface area contributed by atoms with Crippen LogP contribution in [0.5, 0.6) is 0 Å². The molecule has 2 saturated carbocycles. The highest BCUT2D eigenvalue weighted by molar-refractivity contribution is 4.93. The highest BCUT2D eigenvalue weighted by Crippen LogP contribution is 2.44. The zero-order valence-corrected chi connectivity index (χ0v) is 12.9. The minimum absolute atomic E-state index is 0.0628. The Bertz CT molecular complexity index is 261. The lowest BCUT2D eigenvalue weighted by Gasteiger charge is -2.45. The summed E-state index contributed by atoms with van der Waals surface area (Å²) in [6.07, 6.45) is 8.96. The Kier molecular flexibility index (Phi) is 5.27. The highest BCUT2D eigenvalue weighted by Gasteiger charge is 2.44. The molecule has 3 nitrogen and oxygen atoms in total. The Morgan fingerprint density at radius 2 is 1.53 bits per heavy atom. The van der Waals surface area contributed by atoms with Gasteiger partial charge in [-0.05, 0) is 38.5 Å². The molecule has 0 radical (unpaired) electrons. The SMILES string of the molecule is COCC(COC)(COC1(C)CCCC1)C1CCC1. The molecule has 112 valence electrons. The van der Waals surface area contributed by atoms with Gasteiger partial charge in [0.2, 0.25) is 0 Å². The second-order valence-corrected chi connectivity index (χ2v) is 6.80. The molecular weight excluding hydrogens is 240 g/mol. The average molecular weight is 270 g/mol. The normalized spacial score (nSPS) is 23.5. The van der Waals surface area contributed by atoms with Gasteiger partial charge in [-0.1, -0.05) is 19.3 Å². The molecule has 0 aromatic rings. The lowest BCUT2D eigenvalue weighted by molar-refractivity contribution is -0.140. The average Bonchev–Trinajstić information content (AvgIpc) is 2.73. The van der Waals surface area contributed by atoms with Crippen LogP contribution in [0.25, 0.3) is 0 Å². The fourth-order valence-electron chi connectivity index (χ4n) is 3.66. The first kappa shape index (κ1) is 15.3. The highest BCUT2D eigenvalue weighted by atomic mass is 16.5. The van der Waals surface area contributed by atoms with Crippen molar-refractivity contribution in [3.05, 3.63) is 0 Å². The first-order valence-electron chi connectivity index (χ1n) is 7.76. The summed E-state index contributed by atoms with van der Waals surface area (Å²) in [5.74, 6) is 0.706. The van der Waals surface area contributed by atoms with Crippen LogP contribution >= 0.6 is 0 Å². The molecule has 0 amide bonds. The summed E-state index contributed by atoms with van der Waals surface area (Å²) in [6, 6.07) is 0. The van der Waals surface area contributed by atoms with E-state index in [9.17, 15) is 0 Å². The van der Waals surface area contributed by atoms with Crippen LogP contribution in [0.3, 0.4) is 0 Å². The summed E-state index contributed by atoms with van der Waals surface area (Å²) in [7, 11) is 3.58. The van der Waals surface area contributed by atoms with Gasteiger partial charge in [0.1, 0.15) is 0 Å². The zero-order valence-electron chi connectivity index (χ0n) is 12.9. The van der Waals surface area contributed by atoms with E-state index in [1.165, 1.54) is 44.9 Å². The number of hydrogen-bond acceptors (Lipinski definition) is 3. The second-order valence-electron chi connectivity index (χ2n) is 6.80. The summed E-state index contributed by atoms with van der Waals surface area (Å²) < 4.78 is 17.4. The fraction of sp³-hybridized carbons (Fsp3) is 1.00. The lowest BCUT2D eigenvalue weighted by atomic mass is 9.66. The lowest BCUT2D eigenvalue weighted by Crippen LogP contribution is -2.48. The molecule has 0 bridgehead atoms. The van der Waals surface area contributed by atoms with Gasteiger partial charge in [0.15, 0.2) is 0 Å². The summed E-state index contributed by atoms with van der Waals surface area (Å²) in [6.45, 7) is 4.56. The molecule has 0 N–H and O–H groups in total. The van der Waals surface area contributed by atoms with Crippen LogP contribution < -0.4 is 0 Å². The molecule has 0 spiro atoms. The number of ether oxygens (including phenoxy) is 3. The van der Waals surface area contributed by atoms with Crippen molar-refractivity contribution in [3.63, 3.8) is 0 Å². The van der Waals surface area contributed by atoms with Crippen molar-refractivity contribution < 1.29 is 14.2 Å². The van der Waals surface area contributed by atoms with E-state index in [2.05, 4.69) is 6.92 Å². The first-order chi connectivity index (χ1) is 9.14. The predicted octanol–water partition coefficient (Wildman–Crippen LogP) is 3.42. The van der Waals surface area contributed by atoms with E-state index < -0.39 is 0 Å². The van der Waals surface area contributed by atoms with Crippen molar-refractivity contribution in [2.45, 2.75) is 57.5 Å². The Morgan fingerprint density at radius 3 is 1.95 bits per heavy atom. The maximum absolute atomic E-state index is 6.36. The van der Waals surface area contributed by atoms with E-state index in [0.29, 0.717) is 5.92 Å². The molecule has 0 aromatic carbocycles. The molecule has 2 aliphatic rings. The molecule has 2 rings (SSSR count). The predicted molar refractivity (Wildman–Crippen MR) is 76.4 cm³/mol. The van der Waals surface area contributed by atoms with Gasteiger partial charge >= 0.3 is 0 Å². The van der Waals surface area contributed by atoms with E-state index in [1.807, 2.05) is 0 Å². The Hall–Kier alpha value is -0.120. The fourth-order valence-corrected chi connectivity index (χ4v) is 3.66. The minimum Gasteiger partial charge on any atom is -0.384 e. The molecule has 0 heterocycles. The summed E-state index contributed by atoms with van der Waals surface area (Å²) in [4.78, 5) is 0. The van der Waals surface area contributed by atoms with Gasteiger partial charge in [-0.15, -0.1) is 0 Å². The van der Waals surface area contributed by atoms with Crippen LogP contribution in [0.15, 0.2) is 0 Å². The molecule has 0 unspecified atom stereocenters. The van der Waals surface area contributed by atoms with Crippen LogP contribution in [0.2, 0.25) is 0 Å². The molecule has 2 fully saturated rings. The zero-order chi connectivity index (χ0) is 13.8. The van der Waals surface area contributed by atoms with Crippen molar-refractivity contribution >= 4 is 0 Å². The minimum atomic E-state index is 0.0628. The largest absolute Gasteiger partial charge is 0.384 e. The number of hydrogen-bond donors (Lipinski definition) is 0. The molecule has 19 heavy (non-hydrogen) atoms. The molecule has 0 saturated heterocycles. The van der Waals surface area contributed by atoms with E-state index in [-0.39, 0.29) is 11.0 Å². The Morgan fingerprint density at radius 1 is 0.947 bits per heavy atom. The van der Waals surface area contributed by atoms with Crippen LogP contribution in [0.1, 0.15) is 51.9 Å². The molecule has 0 atom stereocenters. The van der Waals surface area contributed by atoms with Crippen LogP contribution in [0.4, 0.5) is 0 Å².